The lowest BCUT2D eigenvalue weighted by Gasteiger charge is -2.25. The highest BCUT2D eigenvalue weighted by Crippen LogP contribution is 2.25. The fraction of sp³-hybridized carbons (Fsp3) is 0.600. The summed E-state index contributed by atoms with van der Waals surface area (Å²) in [5.41, 5.74) is 1.10. The van der Waals surface area contributed by atoms with Crippen LogP contribution in [0, 0.1) is 5.92 Å². The molecule has 18 heavy (non-hydrogen) atoms. The highest BCUT2D eigenvalue weighted by atomic mass is 35.5. The van der Waals surface area contributed by atoms with Crippen LogP contribution < -0.4 is 0 Å². The van der Waals surface area contributed by atoms with Crippen molar-refractivity contribution in [1.29, 1.82) is 0 Å². The minimum atomic E-state index is -0.0786. The quantitative estimate of drug-likeness (QED) is 0.646. The van der Waals surface area contributed by atoms with Gasteiger partial charge in [0, 0.05) is 18.0 Å². The summed E-state index contributed by atoms with van der Waals surface area (Å²) in [5, 5.41) is 0.832. The Morgan fingerprint density at radius 1 is 1.28 bits per heavy atom. The summed E-state index contributed by atoms with van der Waals surface area (Å²) in [4.78, 5) is 0. The van der Waals surface area contributed by atoms with Gasteiger partial charge >= 0.3 is 0 Å². The lowest BCUT2D eigenvalue weighted by molar-refractivity contribution is 0.0110. The Labute approximate surface area is 120 Å². The van der Waals surface area contributed by atoms with Gasteiger partial charge in [0.2, 0.25) is 0 Å². The minimum Gasteiger partial charge on any atom is -0.379 e. The molecule has 1 atom stereocenters. The summed E-state index contributed by atoms with van der Waals surface area (Å²) < 4.78 is 5.44. The number of benzene rings is 1. The molecule has 0 aliphatic carbocycles. The Morgan fingerprint density at radius 3 is 2.50 bits per heavy atom. The third-order valence-electron chi connectivity index (χ3n) is 3.39. The van der Waals surface area contributed by atoms with E-state index in [2.05, 4.69) is 19.9 Å². The Morgan fingerprint density at radius 2 is 1.94 bits per heavy atom. The van der Waals surface area contributed by atoms with E-state index < -0.39 is 0 Å². The SMILES string of the molecule is COC(C)(C)CCC(CCl)Cc1ccccc1Cl. The number of rotatable bonds is 7. The number of hydrogen-bond acceptors (Lipinski definition) is 1. The molecule has 0 spiro atoms. The van der Waals surface area contributed by atoms with Crippen molar-refractivity contribution >= 4 is 23.2 Å². The van der Waals surface area contributed by atoms with E-state index in [-0.39, 0.29) is 5.60 Å². The number of hydrogen-bond donors (Lipinski definition) is 0. The molecule has 0 amide bonds. The third kappa shape index (κ3) is 5.17. The summed E-state index contributed by atoms with van der Waals surface area (Å²) >= 11 is 12.2. The fourth-order valence-electron chi connectivity index (χ4n) is 1.86. The van der Waals surface area contributed by atoms with Gasteiger partial charge in [-0.05, 0) is 50.7 Å². The normalized spacial score (nSPS) is 13.6. The number of alkyl halides is 1. The minimum absolute atomic E-state index is 0.0786. The van der Waals surface area contributed by atoms with Crippen LogP contribution in [0.1, 0.15) is 32.3 Å². The zero-order valence-electron chi connectivity index (χ0n) is 11.4. The zero-order chi connectivity index (χ0) is 13.6. The maximum Gasteiger partial charge on any atom is 0.0622 e. The molecule has 0 saturated carbocycles. The molecule has 1 unspecified atom stereocenters. The Hall–Kier alpha value is -0.240. The predicted molar refractivity (Wildman–Crippen MR) is 79.7 cm³/mol. The van der Waals surface area contributed by atoms with Crippen molar-refractivity contribution in [3.63, 3.8) is 0 Å². The average Bonchev–Trinajstić information content (AvgIpc) is 2.36. The molecule has 1 aromatic carbocycles. The highest BCUT2D eigenvalue weighted by molar-refractivity contribution is 6.31. The van der Waals surface area contributed by atoms with E-state index in [4.69, 9.17) is 27.9 Å². The predicted octanol–water partition coefficient (Wildman–Crippen LogP) is 4.94. The molecule has 0 bridgehead atoms. The van der Waals surface area contributed by atoms with Crippen LogP contribution in [0.25, 0.3) is 0 Å². The first-order chi connectivity index (χ1) is 8.48. The van der Waals surface area contributed by atoms with Crippen molar-refractivity contribution in [2.24, 2.45) is 5.92 Å². The van der Waals surface area contributed by atoms with Crippen molar-refractivity contribution in [3.05, 3.63) is 34.9 Å². The molecule has 0 fully saturated rings. The number of halogens is 2. The maximum absolute atomic E-state index is 6.17. The van der Waals surface area contributed by atoms with Gasteiger partial charge in [-0.3, -0.25) is 0 Å². The van der Waals surface area contributed by atoms with E-state index in [9.17, 15) is 0 Å². The second kappa shape index (κ2) is 7.37. The van der Waals surface area contributed by atoms with Gasteiger partial charge in [-0.25, -0.2) is 0 Å². The van der Waals surface area contributed by atoms with Crippen LogP contribution in [0.2, 0.25) is 5.02 Å². The van der Waals surface area contributed by atoms with E-state index >= 15 is 0 Å². The van der Waals surface area contributed by atoms with Crippen LogP contribution in [0.5, 0.6) is 0 Å². The molecular weight excluding hydrogens is 267 g/mol. The summed E-state index contributed by atoms with van der Waals surface area (Å²) in [6.45, 7) is 4.21. The second-order valence-electron chi connectivity index (χ2n) is 5.32. The number of ether oxygens (including phenoxy) is 1. The number of methoxy groups -OCH3 is 1. The van der Waals surface area contributed by atoms with E-state index in [0.29, 0.717) is 11.8 Å². The summed E-state index contributed by atoms with van der Waals surface area (Å²) in [7, 11) is 1.75. The van der Waals surface area contributed by atoms with Crippen molar-refractivity contribution in [3.8, 4) is 0 Å². The fourth-order valence-corrected chi connectivity index (χ4v) is 2.34. The monoisotopic (exact) mass is 288 g/mol. The van der Waals surface area contributed by atoms with E-state index in [1.54, 1.807) is 7.11 Å². The summed E-state index contributed by atoms with van der Waals surface area (Å²) in [5.74, 6) is 1.10. The van der Waals surface area contributed by atoms with Crippen molar-refractivity contribution in [2.45, 2.75) is 38.7 Å². The van der Waals surface area contributed by atoms with E-state index in [1.165, 1.54) is 5.56 Å². The van der Waals surface area contributed by atoms with E-state index in [1.807, 2.05) is 18.2 Å². The first kappa shape index (κ1) is 15.8. The van der Waals surface area contributed by atoms with Crippen molar-refractivity contribution in [1.82, 2.24) is 0 Å². The van der Waals surface area contributed by atoms with Gasteiger partial charge in [0.15, 0.2) is 0 Å². The first-order valence-corrected chi connectivity index (χ1v) is 7.24. The average molecular weight is 289 g/mol. The van der Waals surface area contributed by atoms with Crippen LogP contribution in [0.15, 0.2) is 24.3 Å². The molecule has 1 aromatic rings. The first-order valence-electron chi connectivity index (χ1n) is 6.33. The van der Waals surface area contributed by atoms with Gasteiger partial charge < -0.3 is 4.74 Å². The smallest absolute Gasteiger partial charge is 0.0622 e. The zero-order valence-corrected chi connectivity index (χ0v) is 12.9. The van der Waals surface area contributed by atoms with Gasteiger partial charge in [0.1, 0.15) is 0 Å². The molecule has 3 heteroatoms. The van der Waals surface area contributed by atoms with Crippen LogP contribution in [-0.4, -0.2) is 18.6 Å². The standard InChI is InChI=1S/C15H22Cl2O/c1-15(2,18-3)9-8-12(11-16)10-13-6-4-5-7-14(13)17/h4-7,12H,8-11H2,1-3H3. The Balaban J connectivity index is 2.55. The topological polar surface area (TPSA) is 9.23 Å². The lowest BCUT2D eigenvalue weighted by Crippen LogP contribution is -2.24. The van der Waals surface area contributed by atoms with Crippen molar-refractivity contribution in [2.75, 3.05) is 13.0 Å². The van der Waals surface area contributed by atoms with Gasteiger partial charge in [-0.1, -0.05) is 29.8 Å². The molecule has 0 heterocycles. The lowest BCUT2D eigenvalue weighted by atomic mass is 9.91. The third-order valence-corrected chi connectivity index (χ3v) is 4.20. The van der Waals surface area contributed by atoms with Crippen LogP contribution in [0.4, 0.5) is 0 Å². The second-order valence-corrected chi connectivity index (χ2v) is 6.03. The van der Waals surface area contributed by atoms with Crippen molar-refractivity contribution < 1.29 is 4.74 Å². The largest absolute Gasteiger partial charge is 0.379 e. The maximum atomic E-state index is 6.17. The molecule has 102 valence electrons. The Kier molecular flexibility index (Phi) is 6.48. The van der Waals surface area contributed by atoms with Crippen LogP contribution >= 0.6 is 23.2 Å². The van der Waals surface area contributed by atoms with Gasteiger partial charge in [0.05, 0.1) is 5.60 Å². The summed E-state index contributed by atoms with van der Waals surface area (Å²) in [6, 6.07) is 7.98. The van der Waals surface area contributed by atoms with Crippen LogP contribution in [0.3, 0.4) is 0 Å². The molecule has 0 aliphatic heterocycles. The molecule has 0 aliphatic rings. The molecule has 1 nitrogen and oxygen atoms in total. The summed E-state index contributed by atoms with van der Waals surface area (Å²) in [6.07, 6.45) is 2.99. The van der Waals surface area contributed by atoms with Gasteiger partial charge in [0.25, 0.3) is 0 Å². The molecule has 0 aromatic heterocycles. The molecule has 1 rings (SSSR count). The van der Waals surface area contributed by atoms with Crippen LogP contribution in [-0.2, 0) is 11.2 Å². The van der Waals surface area contributed by atoms with E-state index in [0.717, 1.165) is 24.3 Å². The van der Waals surface area contributed by atoms with Gasteiger partial charge in [-0.2, -0.15) is 0 Å². The van der Waals surface area contributed by atoms with Gasteiger partial charge in [-0.15, -0.1) is 11.6 Å². The molecule has 0 N–H and O–H groups in total. The Bertz CT molecular complexity index is 363. The molecule has 0 saturated heterocycles. The molecule has 0 radical (unpaired) electrons. The molecular formula is C15H22Cl2O. The highest BCUT2D eigenvalue weighted by Gasteiger charge is 2.19.